The summed E-state index contributed by atoms with van der Waals surface area (Å²) < 4.78 is 0. The Hall–Kier alpha value is -0.300. The third-order valence-electron chi connectivity index (χ3n) is 1.73. The summed E-state index contributed by atoms with van der Waals surface area (Å²) in [7, 11) is 0. The van der Waals surface area contributed by atoms with Crippen molar-refractivity contribution < 1.29 is 20.1 Å². The van der Waals surface area contributed by atoms with Crippen molar-refractivity contribution in [3.05, 3.63) is 0 Å². The lowest BCUT2D eigenvalue weighted by Crippen LogP contribution is -2.32. The maximum Gasteiger partial charge on any atom is 0.321 e. The van der Waals surface area contributed by atoms with E-state index in [-0.39, 0.29) is 0 Å². The zero-order valence-corrected chi connectivity index (χ0v) is 8.91. The Morgan fingerprint density at radius 2 is 2.07 bits per heavy atom. The average Bonchev–Trinajstić information content (AvgIpc) is 2.11. The topological polar surface area (TPSA) is 104 Å². The molecule has 2 unspecified atom stereocenters. The Morgan fingerprint density at radius 3 is 2.50 bits per heavy atom. The summed E-state index contributed by atoms with van der Waals surface area (Å²) in [5, 5.41) is 26.6. The lowest BCUT2D eigenvalue weighted by molar-refractivity contribution is -0.137. The second-order valence-corrected chi connectivity index (χ2v) is 4.27. The maximum atomic E-state index is 10.3. The second-order valence-electron chi connectivity index (χ2n) is 3.12. The molecule has 0 aliphatic heterocycles. The molecule has 0 saturated carbocycles. The molecule has 0 aromatic rings. The molecule has 14 heavy (non-hydrogen) atoms. The number of hydrogen-bond acceptors (Lipinski definition) is 5. The van der Waals surface area contributed by atoms with Gasteiger partial charge < -0.3 is 21.1 Å². The molecular weight excluding hydrogens is 206 g/mol. The van der Waals surface area contributed by atoms with Crippen molar-refractivity contribution in [2.24, 2.45) is 5.73 Å². The first-order valence-corrected chi connectivity index (χ1v) is 5.53. The van der Waals surface area contributed by atoms with Gasteiger partial charge in [0.25, 0.3) is 0 Å². The molecule has 0 fully saturated rings. The smallest absolute Gasteiger partial charge is 0.321 e. The summed E-state index contributed by atoms with van der Waals surface area (Å²) in [5.41, 5.74) is 5.26. The Labute approximate surface area is 87.3 Å². The number of nitrogens with two attached hydrogens (primary N) is 1. The summed E-state index contributed by atoms with van der Waals surface area (Å²) in [6.45, 7) is 1.51. The van der Waals surface area contributed by atoms with E-state index in [9.17, 15) is 9.90 Å². The van der Waals surface area contributed by atoms with Crippen LogP contribution in [0.4, 0.5) is 0 Å². The molecule has 84 valence electrons. The highest BCUT2D eigenvalue weighted by Crippen LogP contribution is 2.08. The molecule has 0 saturated heterocycles. The van der Waals surface area contributed by atoms with E-state index in [1.807, 2.05) is 0 Å². The molecule has 0 amide bonds. The van der Waals surface area contributed by atoms with Gasteiger partial charge in [-0.3, -0.25) is 4.79 Å². The number of carbonyl (C=O) groups is 1. The molecule has 0 aliphatic carbocycles. The average molecular weight is 223 g/mol. The van der Waals surface area contributed by atoms with Crippen LogP contribution in [-0.2, 0) is 4.79 Å². The van der Waals surface area contributed by atoms with Crippen LogP contribution in [0, 0.1) is 0 Å². The fourth-order valence-electron chi connectivity index (χ4n) is 0.727. The molecular formula is C8H17NO4S. The second kappa shape index (κ2) is 7.05. The Kier molecular flexibility index (Phi) is 6.90. The third kappa shape index (κ3) is 6.20. The van der Waals surface area contributed by atoms with Gasteiger partial charge in [0.05, 0.1) is 12.2 Å². The van der Waals surface area contributed by atoms with Gasteiger partial charge in [0.1, 0.15) is 6.04 Å². The predicted octanol–water partition coefficient (Wildman–Crippen LogP) is -0.737. The summed E-state index contributed by atoms with van der Waals surface area (Å²) >= 11 is 1.36. The highest BCUT2D eigenvalue weighted by Gasteiger charge is 2.13. The van der Waals surface area contributed by atoms with Crippen LogP contribution in [0.1, 0.15) is 13.3 Å². The van der Waals surface area contributed by atoms with Crippen LogP contribution in [0.25, 0.3) is 0 Å². The minimum absolute atomic E-state index is 0.321. The number of rotatable bonds is 7. The SMILES string of the molecule is CC(O)C(O)CCSC[C@H](N)C(=O)O. The van der Waals surface area contributed by atoms with Crippen molar-refractivity contribution >= 4 is 17.7 Å². The first kappa shape index (κ1) is 13.7. The molecule has 0 rings (SSSR count). The number of aliphatic hydroxyl groups is 2. The van der Waals surface area contributed by atoms with Gasteiger partial charge >= 0.3 is 5.97 Å². The predicted molar refractivity (Wildman–Crippen MR) is 55.2 cm³/mol. The summed E-state index contributed by atoms with van der Waals surface area (Å²) in [4.78, 5) is 10.3. The number of thioether (sulfide) groups is 1. The molecule has 5 nitrogen and oxygen atoms in total. The molecule has 3 atom stereocenters. The van der Waals surface area contributed by atoms with Crippen LogP contribution < -0.4 is 5.73 Å². The highest BCUT2D eigenvalue weighted by molar-refractivity contribution is 7.99. The summed E-state index contributed by atoms with van der Waals surface area (Å²) in [5.74, 6) is -0.108. The number of aliphatic carboxylic acids is 1. The minimum atomic E-state index is -1.02. The molecule has 0 aromatic heterocycles. The van der Waals surface area contributed by atoms with Gasteiger partial charge in [0.15, 0.2) is 0 Å². The van der Waals surface area contributed by atoms with Crippen molar-refractivity contribution in [2.45, 2.75) is 31.6 Å². The molecule has 0 aliphatic rings. The molecule has 0 bridgehead atoms. The van der Waals surface area contributed by atoms with Crippen molar-refractivity contribution in [1.29, 1.82) is 0 Å². The Bertz CT molecular complexity index is 177. The number of carboxylic acids is 1. The van der Waals surface area contributed by atoms with E-state index in [1.54, 1.807) is 0 Å². The zero-order chi connectivity index (χ0) is 11.1. The van der Waals surface area contributed by atoms with Gasteiger partial charge in [-0.1, -0.05) is 0 Å². The van der Waals surface area contributed by atoms with E-state index < -0.39 is 24.2 Å². The standard InChI is InChI=1S/C8H17NO4S/c1-5(10)7(11)2-3-14-4-6(9)8(12)13/h5-7,10-11H,2-4,9H2,1H3,(H,12,13)/t5?,6-,7?/m0/s1. The van der Waals surface area contributed by atoms with Crippen molar-refractivity contribution in [3.63, 3.8) is 0 Å². The molecule has 0 heterocycles. The van der Waals surface area contributed by atoms with Crippen LogP contribution in [0.3, 0.4) is 0 Å². The molecule has 5 N–H and O–H groups in total. The van der Waals surface area contributed by atoms with Gasteiger partial charge in [-0.25, -0.2) is 0 Å². The lowest BCUT2D eigenvalue weighted by atomic mass is 10.2. The highest BCUT2D eigenvalue weighted by atomic mass is 32.2. The molecule has 0 aromatic carbocycles. The van der Waals surface area contributed by atoms with Crippen LogP contribution in [0.15, 0.2) is 0 Å². The van der Waals surface area contributed by atoms with Crippen molar-refractivity contribution in [3.8, 4) is 0 Å². The number of carboxylic acid groups (broad SMARTS) is 1. The Balaban J connectivity index is 3.42. The summed E-state index contributed by atoms with van der Waals surface area (Å²) in [6, 6.07) is -0.858. The van der Waals surface area contributed by atoms with Crippen LogP contribution in [0.5, 0.6) is 0 Å². The maximum absolute atomic E-state index is 10.3. The van der Waals surface area contributed by atoms with Crippen molar-refractivity contribution in [2.75, 3.05) is 11.5 Å². The van der Waals surface area contributed by atoms with Gasteiger partial charge in [0, 0.05) is 5.75 Å². The van der Waals surface area contributed by atoms with E-state index in [4.69, 9.17) is 15.9 Å². The number of hydrogen-bond donors (Lipinski definition) is 4. The monoisotopic (exact) mass is 223 g/mol. The van der Waals surface area contributed by atoms with Crippen LogP contribution >= 0.6 is 11.8 Å². The van der Waals surface area contributed by atoms with Gasteiger partial charge in [0.2, 0.25) is 0 Å². The minimum Gasteiger partial charge on any atom is -0.480 e. The van der Waals surface area contributed by atoms with Gasteiger partial charge in [-0.15, -0.1) is 0 Å². The first-order valence-electron chi connectivity index (χ1n) is 4.37. The van der Waals surface area contributed by atoms with E-state index in [0.717, 1.165) is 0 Å². The van der Waals surface area contributed by atoms with Gasteiger partial charge in [-0.2, -0.15) is 11.8 Å². The molecule has 6 heteroatoms. The zero-order valence-electron chi connectivity index (χ0n) is 8.09. The lowest BCUT2D eigenvalue weighted by Gasteiger charge is -2.13. The van der Waals surface area contributed by atoms with Crippen LogP contribution in [0.2, 0.25) is 0 Å². The quantitative estimate of drug-likeness (QED) is 0.424. The van der Waals surface area contributed by atoms with Crippen LogP contribution in [-0.4, -0.2) is 51.0 Å². The van der Waals surface area contributed by atoms with E-state index in [1.165, 1.54) is 18.7 Å². The fourth-order valence-corrected chi connectivity index (χ4v) is 1.70. The van der Waals surface area contributed by atoms with Crippen molar-refractivity contribution in [1.82, 2.24) is 0 Å². The Morgan fingerprint density at radius 1 is 1.50 bits per heavy atom. The van der Waals surface area contributed by atoms with E-state index >= 15 is 0 Å². The summed E-state index contributed by atoms with van der Waals surface area (Å²) in [6.07, 6.45) is -1.05. The molecule has 0 radical (unpaired) electrons. The fraction of sp³-hybridized carbons (Fsp3) is 0.875. The van der Waals surface area contributed by atoms with Gasteiger partial charge in [-0.05, 0) is 19.1 Å². The third-order valence-corrected chi connectivity index (χ3v) is 2.85. The number of aliphatic hydroxyl groups excluding tert-OH is 2. The molecule has 0 spiro atoms. The largest absolute Gasteiger partial charge is 0.480 e. The van der Waals surface area contributed by atoms with E-state index in [0.29, 0.717) is 17.9 Å². The van der Waals surface area contributed by atoms with E-state index in [2.05, 4.69) is 0 Å². The first-order chi connectivity index (χ1) is 6.45. The normalized spacial score (nSPS) is 17.4.